The van der Waals surface area contributed by atoms with E-state index in [1.807, 2.05) is 24.3 Å². The minimum atomic E-state index is -0.529. The van der Waals surface area contributed by atoms with Crippen LogP contribution >= 0.6 is 11.6 Å². The zero-order valence-electron chi connectivity index (χ0n) is 15.9. The predicted octanol–water partition coefficient (Wildman–Crippen LogP) is 3.66. The number of ketones is 1. The summed E-state index contributed by atoms with van der Waals surface area (Å²) in [5.41, 5.74) is 1.86. The first kappa shape index (κ1) is 18.5. The van der Waals surface area contributed by atoms with E-state index in [1.54, 1.807) is 12.1 Å². The number of fused-ring (bicyclic) bond motifs is 2. The summed E-state index contributed by atoms with van der Waals surface area (Å²) in [5.74, 6) is 0.0417. The summed E-state index contributed by atoms with van der Waals surface area (Å²) in [6.07, 6.45) is 4.16. The van der Waals surface area contributed by atoms with Crippen molar-refractivity contribution in [2.45, 2.75) is 31.2 Å². The highest BCUT2D eigenvalue weighted by molar-refractivity contribution is 6.52. The van der Waals surface area contributed by atoms with E-state index in [4.69, 9.17) is 21.1 Å². The van der Waals surface area contributed by atoms with Crippen molar-refractivity contribution in [3.63, 3.8) is 0 Å². The molecular formula is C22H21ClN2O4. The molecule has 0 aromatic heterocycles. The summed E-state index contributed by atoms with van der Waals surface area (Å²) in [4.78, 5) is 26.8. The minimum Gasteiger partial charge on any atom is -0.486 e. The van der Waals surface area contributed by atoms with Gasteiger partial charge in [0.1, 0.15) is 13.2 Å². The first-order valence-corrected chi connectivity index (χ1v) is 10.3. The predicted molar refractivity (Wildman–Crippen MR) is 109 cm³/mol. The van der Waals surface area contributed by atoms with Crippen LogP contribution < -0.4 is 19.7 Å². The number of halogens is 1. The van der Waals surface area contributed by atoms with Crippen LogP contribution in [0.4, 0.5) is 5.69 Å². The van der Waals surface area contributed by atoms with Gasteiger partial charge in [0.05, 0.1) is 17.9 Å². The quantitative estimate of drug-likeness (QED) is 0.776. The Bertz CT molecular complexity index is 983. The van der Waals surface area contributed by atoms with Crippen molar-refractivity contribution in [3.05, 3.63) is 52.5 Å². The highest BCUT2D eigenvalue weighted by Crippen LogP contribution is 2.42. The van der Waals surface area contributed by atoms with Gasteiger partial charge >= 0.3 is 5.91 Å². The molecule has 0 atom stereocenters. The average molecular weight is 413 g/mol. The molecule has 2 aromatic rings. The molecule has 2 heterocycles. The van der Waals surface area contributed by atoms with E-state index < -0.39 is 11.7 Å². The van der Waals surface area contributed by atoms with Gasteiger partial charge in [-0.25, -0.2) is 0 Å². The number of benzene rings is 2. The molecule has 1 fully saturated rings. The molecule has 150 valence electrons. The summed E-state index contributed by atoms with van der Waals surface area (Å²) in [6.45, 7) is 1.13. The maximum atomic E-state index is 12.7. The molecule has 5 rings (SSSR count). The van der Waals surface area contributed by atoms with Crippen molar-refractivity contribution in [2.24, 2.45) is 0 Å². The normalized spacial score (nSPS) is 19.6. The highest BCUT2D eigenvalue weighted by atomic mass is 35.5. The van der Waals surface area contributed by atoms with E-state index in [0.29, 0.717) is 41.0 Å². The highest BCUT2D eigenvalue weighted by Gasteiger charge is 2.41. The standard InChI is InChI=1S/C22H21ClN2O4/c23-15-5-3-14(4-6-15)22(7-1-2-8-22)24-13-25-17-12-19-18(28-9-10-29-19)11-16(17)20(26)21(25)27/h3-6,11-12,24H,1-2,7-10,13H2. The van der Waals surface area contributed by atoms with Crippen LogP contribution in [0.1, 0.15) is 41.6 Å². The van der Waals surface area contributed by atoms with Gasteiger partial charge in [0.25, 0.3) is 5.78 Å². The van der Waals surface area contributed by atoms with E-state index in [-0.39, 0.29) is 12.2 Å². The smallest absolute Gasteiger partial charge is 0.300 e. The Hall–Kier alpha value is -2.57. The summed E-state index contributed by atoms with van der Waals surface area (Å²) >= 11 is 6.06. The third-order valence-corrected chi connectivity index (χ3v) is 6.32. The first-order valence-electron chi connectivity index (χ1n) is 9.88. The van der Waals surface area contributed by atoms with Gasteiger partial charge in [-0.2, -0.15) is 0 Å². The minimum absolute atomic E-state index is 0.232. The number of carbonyl (C=O) groups is 2. The molecule has 2 aliphatic heterocycles. The van der Waals surface area contributed by atoms with Crippen molar-refractivity contribution in [1.29, 1.82) is 0 Å². The second-order valence-electron chi connectivity index (χ2n) is 7.71. The fourth-order valence-corrected chi connectivity index (χ4v) is 4.66. The SMILES string of the molecule is O=C1C(=O)N(CNC2(c3ccc(Cl)cc3)CCCC2)c2cc3c(cc21)OCCO3. The third kappa shape index (κ3) is 3.07. The summed E-state index contributed by atoms with van der Waals surface area (Å²) < 4.78 is 11.2. The van der Waals surface area contributed by atoms with Gasteiger partial charge in [0.2, 0.25) is 0 Å². The fourth-order valence-electron chi connectivity index (χ4n) is 4.53. The van der Waals surface area contributed by atoms with E-state index in [9.17, 15) is 9.59 Å². The summed E-state index contributed by atoms with van der Waals surface area (Å²) in [7, 11) is 0. The number of ether oxygens (including phenoxy) is 2. The molecule has 6 nitrogen and oxygen atoms in total. The maximum Gasteiger partial charge on any atom is 0.300 e. The molecule has 0 radical (unpaired) electrons. The van der Waals surface area contributed by atoms with Crippen molar-refractivity contribution in [2.75, 3.05) is 24.8 Å². The summed E-state index contributed by atoms with van der Waals surface area (Å²) in [5, 5.41) is 4.28. The van der Waals surface area contributed by atoms with Crippen molar-refractivity contribution >= 4 is 29.0 Å². The van der Waals surface area contributed by atoms with Gasteiger partial charge in [-0.1, -0.05) is 36.6 Å². The number of nitrogens with one attached hydrogen (secondary N) is 1. The summed E-state index contributed by atoms with van der Waals surface area (Å²) in [6, 6.07) is 11.2. The van der Waals surface area contributed by atoms with Crippen LogP contribution in [0.25, 0.3) is 0 Å². The van der Waals surface area contributed by atoms with E-state index in [2.05, 4.69) is 5.32 Å². The molecule has 0 spiro atoms. The van der Waals surface area contributed by atoms with Crippen LogP contribution in [0, 0.1) is 0 Å². The monoisotopic (exact) mass is 412 g/mol. The van der Waals surface area contributed by atoms with Crippen LogP contribution in [-0.4, -0.2) is 31.6 Å². The second kappa shape index (κ2) is 7.04. The number of anilines is 1. The Balaban J connectivity index is 1.44. The Kier molecular flexibility index (Phi) is 4.48. The lowest BCUT2D eigenvalue weighted by Crippen LogP contribution is -2.47. The van der Waals surface area contributed by atoms with Crippen LogP contribution in [-0.2, 0) is 10.3 Å². The molecule has 0 unspecified atom stereocenters. The number of Topliss-reactive ketones (excluding diaryl/α,β-unsaturated/α-hetero) is 1. The van der Waals surface area contributed by atoms with Gasteiger partial charge in [0.15, 0.2) is 11.5 Å². The number of hydrogen-bond donors (Lipinski definition) is 1. The molecule has 0 saturated heterocycles. The van der Waals surface area contributed by atoms with Crippen molar-refractivity contribution in [3.8, 4) is 11.5 Å². The Morgan fingerprint density at radius 3 is 2.34 bits per heavy atom. The van der Waals surface area contributed by atoms with Crippen LogP contribution in [0.3, 0.4) is 0 Å². The molecule has 1 N–H and O–H groups in total. The van der Waals surface area contributed by atoms with E-state index in [0.717, 1.165) is 31.2 Å². The van der Waals surface area contributed by atoms with Gasteiger partial charge in [-0.3, -0.25) is 19.8 Å². The van der Waals surface area contributed by atoms with Gasteiger partial charge < -0.3 is 9.47 Å². The molecule has 3 aliphatic rings. The molecule has 2 aromatic carbocycles. The zero-order valence-corrected chi connectivity index (χ0v) is 16.6. The van der Waals surface area contributed by atoms with Crippen LogP contribution in [0.15, 0.2) is 36.4 Å². The Labute approximate surface area is 173 Å². The maximum absolute atomic E-state index is 12.7. The van der Waals surface area contributed by atoms with E-state index >= 15 is 0 Å². The van der Waals surface area contributed by atoms with Crippen molar-refractivity contribution < 1.29 is 19.1 Å². The molecule has 0 bridgehead atoms. The molecule has 29 heavy (non-hydrogen) atoms. The lowest BCUT2D eigenvalue weighted by Gasteiger charge is -2.33. The van der Waals surface area contributed by atoms with Gasteiger partial charge in [0, 0.05) is 16.6 Å². The van der Waals surface area contributed by atoms with Crippen LogP contribution in [0.5, 0.6) is 11.5 Å². The lowest BCUT2D eigenvalue weighted by atomic mass is 9.88. The average Bonchev–Trinajstić information content (AvgIpc) is 3.30. The molecular weight excluding hydrogens is 392 g/mol. The second-order valence-corrected chi connectivity index (χ2v) is 8.14. The van der Waals surface area contributed by atoms with Gasteiger partial charge in [-0.15, -0.1) is 0 Å². The Morgan fingerprint density at radius 1 is 1.00 bits per heavy atom. The number of rotatable bonds is 4. The number of nitrogens with zero attached hydrogens (tertiary/aromatic N) is 1. The molecule has 1 amide bonds. The largest absolute Gasteiger partial charge is 0.486 e. The zero-order chi connectivity index (χ0) is 20.0. The van der Waals surface area contributed by atoms with Crippen molar-refractivity contribution in [1.82, 2.24) is 5.32 Å². The van der Waals surface area contributed by atoms with Crippen LogP contribution in [0.2, 0.25) is 5.02 Å². The van der Waals surface area contributed by atoms with Gasteiger partial charge in [-0.05, 0) is 36.6 Å². The first-order chi connectivity index (χ1) is 14.1. The molecule has 7 heteroatoms. The fraction of sp³-hybridized carbons (Fsp3) is 0.364. The Morgan fingerprint density at radius 2 is 1.66 bits per heavy atom. The molecule has 1 aliphatic carbocycles. The number of amides is 1. The number of hydrogen-bond acceptors (Lipinski definition) is 5. The molecule has 1 saturated carbocycles. The van der Waals surface area contributed by atoms with E-state index in [1.165, 1.54) is 4.90 Å². The lowest BCUT2D eigenvalue weighted by molar-refractivity contribution is -0.114. The third-order valence-electron chi connectivity index (χ3n) is 6.06. The topological polar surface area (TPSA) is 67.9 Å². The number of carbonyl (C=O) groups excluding carboxylic acids is 2.